The van der Waals surface area contributed by atoms with Gasteiger partial charge in [-0.25, -0.2) is 0 Å². The van der Waals surface area contributed by atoms with Crippen molar-refractivity contribution in [1.82, 2.24) is 4.98 Å². The van der Waals surface area contributed by atoms with Crippen LogP contribution in [0.2, 0.25) is 0 Å². The summed E-state index contributed by atoms with van der Waals surface area (Å²) in [7, 11) is 0. The topological polar surface area (TPSA) is 33.1 Å². The van der Waals surface area contributed by atoms with Gasteiger partial charge < -0.3 is 5.11 Å². The summed E-state index contributed by atoms with van der Waals surface area (Å²) in [4.78, 5) is 4.00. The molecule has 2 nitrogen and oxygen atoms in total. The van der Waals surface area contributed by atoms with E-state index in [1.54, 1.807) is 12.4 Å². The van der Waals surface area contributed by atoms with Gasteiger partial charge in [0, 0.05) is 12.4 Å². The van der Waals surface area contributed by atoms with Crippen LogP contribution < -0.4 is 0 Å². The van der Waals surface area contributed by atoms with Crippen LogP contribution in [-0.2, 0) is 0 Å². The highest BCUT2D eigenvalue weighted by atomic mass is 16.3. The summed E-state index contributed by atoms with van der Waals surface area (Å²) < 4.78 is 0. The van der Waals surface area contributed by atoms with Crippen molar-refractivity contribution in [3.8, 4) is 0 Å². The minimum absolute atomic E-state index is 0.119. The van der Waals surface area contributed by atoms with Crippen molar-refractivity contribution in [2.45, 2.75) is 33.8 Å². The lowest BCUT2D eigenvalue weighted by molar-refractivity contribution is 0.0620. The summed E-state index contributed by atoms with van der Waals surface area (Å²) >= 11 is 0. The number of hydrogen-bond donors (Lipinski definition) is 1. The molecule has 2 heteroatoms. The third-order valence-electron chi connectivity index (χ3n) is 2.18. The number of aliphatic hydroxyl groups excluding tert-OH is 1. The number of rotatable bonds is 1. The number of aryl methyl sites for hydroxylation is 1. The normalized spacial score (nSPS) is 14.2. The first-order chi connectivity index (χ1) is 5.93. The van der Waals surface area contributed by atoms with E-state index in [4.69, 9.17) is 0 Å². The van der Waals surface area contributed by atoms with Crippen molar-refractivity contribution < 1.29 is 5.11 Å². The van der Waals surface area contributed by atoms with Crippen LogP contribution >= 0.6 is 0 Å². The van der Waals surface area contributed by atoms with Gasteiger partial charge in [0.05, 0.1) is 6.10 Å². The number of pyridine rings is 1. The molecular formula is C11H17NO. The number of aliphatic hydroxyl groups is 1. The van der Waals surface area contributed by atoms with Gasteiger partial charge in [0.25, 0.3) is 0 Å². The van der Waals surface area contributed by atoms with Crippen LogP contribution in [0, 0.1) is 12.3 Å². The summed E-state index contributed by atoms with van der Waals surface area (Å²) in [5, 5.41) is 10.0. The van der Waals surface area contributed by atoms with Gasteiger partial charge >= 0.3 is 0 Å². The Morgan fingerprint density at radius 2 is 2.00 bits per heavy atom. The van der Waals surface area contributed by atoms with Crippen LogP contribution in [0.1, 0.15) is 38.0 Å². The first kappa shape index (κ1) is 10.2. The van der Waals surface area contributed by atoms with Crippen molar-refractivity contribution in [2.75, 3.05) is 0 Å². The van der Waals surface area contributed by atoms with Crippen molar-refractivity contribution in [3.05, 3.63) is 29.6 Å². The Balaban J connectivity index is 3.02. The largest absolute Gasteiger partial charge is 0.388 e. The molecule has 0 fully saturated rings. The van der Waals surface area contributed by atoms with Crippen LogP contribution in [0.4, 0.5) is 0 Å². The standard InChI is InChI=1S/C11H17NO/c1-8-7-12-6-5-9(8)10(13)11(2,3)4/h5-7,10,13H,1-4H3. The van der Waals surface area contributed by atoms with E-state index in [1.165, 1.54) is 0 Å². The van der Waals surface area contributed by atoms with E-state index in [1.807, 2.05) is 33.8 Å². The number of nitrogens with zero attached hydrogens (tertiary/aromatic N) is 1. The zero-order chi connectivity index (χ0) is 10.1. The number of hydrogen-bond acceptors (Lipinski definition) is 2. The van der Waals surface area contributed by atoms with E-state index in [9.17, 15) is 5.11 Å². The summed E-state index contributed by atoms with van der Waals surface area (Å²) in [5.41, 5.74) is 1.90. The second kappa shape index (κ2) is 3.46. The quantitative estimate of drug-likeness (QED) is 0.718. The van der Waals surface area contributed by atoms with Gasteiger partial charge in [-0.15, -0.1) is 0 Å². The van der Waals surface area contributed by atoms with E-state index in [-0.39, 0.29) is 5.41 Å². The monoisotopic (exact) mass is 179 g/mol. The molecule has 0 radical (unpaired) electrons. The molecule has 0 aliphatic heterocycles. The first-order valence-electron chi connectivity index (χ1n) is 4.51. The molecule has 1 unspecified atom stereocenters. The average molecular weight is 179 g/mol. The van der Waals surface area contributed by atoms with Crippen LogP contribution in [0.3, 0.4) is 0 Å². The molecule has 0 aromatic carbocycles. The lowest BCUT2D eigenvalue weighted by atomic mass is 9.84. The van der Waals surface area contributed by atoms with E-state index >= 15 is 0 Å². The summed E-state index contributed by atoms with van der Waals surface area (Å²) in [6, 6.07) is 1.88. The predicted molar refractivity (Wildman–Crippen MR) is 53.4 cm³/mol. The second-order valence-corrected chi connectivity index (χ2v) is 4.50. The minimum atomic E-state index is -0.421. The number of aromatic nitrogens is 1. The van der Waals surface area contributed by atoms with Crippen molar-refractivity contribution >= 4 is 0 Å². The van der Waals surface area contributed by atoms with E-state index in [0.717, 1.165) is 11.1 Å². The molecule has 1 rings (SSSR count). The van der Waals surface area contributed by atoms with Crippen molar-refractivity contribution in [1.29, 1.82) is 0 Å². The summed E-state index contributed by atoms with van der Waals surface area (Å²) in [6.45, 7) is 8.05. The Bertz CT molecular complexity index is 288. The highest BCUT2D eigenvalue weighted by molar-refractivity contribution is 5.25. The Kier molecular flexibility index (Phi) is 2.71. The fourth-order valence-corrected chi connectivity index (χ4v) is 1.26. The van der Waals surface area contributed by atoms with Crippen molar-refractivity contribution in [2.24, 2.45) is 5.41 Å². The van der Waals surface area contributed by atoms with Crippen LogP contribution in [0.25, 0.3) is 0 Å². The zero-order valence-corrected chi connectivity index (χ0v) is 8.70. The third-order valence-corrected chi connectivity index (χ3v) is 2.18. The van der Waals surface area contributed by atoms with Gasteiger partial charge in [-0.3, -0.25) is 4.98 Å². The minimum Gasteiger partial charge on any atom is -0.388 e. The maximum absolute atomic E-state index is 10.0. The molecule has 1 N–H and O–H groups in total. The molecule has 1 atom stereocenters. The van der Waals surface area contributed by atoms with Gasteiger partial charge in [-0.2, -0.15) is 0 Å². The molecule has 1 aromatic rings. The summed E-state index contributed by atoms with van der Waals surface area (Å²) in [5.74, 6) is 0. The molecule has 0 saturated carbocycles. The van der Waals surface area contributed by atoms with Crippen molar-refractivity contribution in [3.63, 3.8) is 0 Å². The molecule has 72 valence electrons. The molecule has 13 heavy (non-hydrogen) atoms. The third kappa shape index (κ3) is 2.28. The molecule has 0 aliphatic rings. The Labute approximate surface area is 79.6 Å². The highest BCUT2D eigenvalue weighted by Crippen LogP contribution is 2.33. The zero-order valence-electron chi connectivity index (χ0n) is 8.70. The average Bonchev–Trinajstić information content (AvgIpc) is 2.02. The Morgan fingerprint density at radius 3 is 2.46 bits per heavy atom. The Hall–Kier alpha value is -0.890. The first-order valence-corrected chi connectivity index (χ1v) is 4.51. The second-order valence-electron chi connectivity index (χ2n) is 4.50. The summed E-state index contributed by atoms with van der Waals surface area (Å²) in [6.07, 6.45) is 3.08. The smallest absolute Gasteiger partial charge is 0.0841 e. The van der Waals surface area contributed by atoms with Gasteiger partial charge in [0.1, 0.15) is 0 Å². The van der Waals surface area contributed by atoms with E-state index in [0.29, 0.717) is 0 Å². The molecule has 1 aromatic heterocycles. The van der Waals surface area contributed by atoms with Gasteiger partial charge in [0.15, 0.2) is 0 Å². The molecule has 0 bridgehead atoms. The highest BCUT2D eigenvalue weighted by Gasteiger charge is 2.24. The molecule has 1 heterocycles. The van der Waals surface area contributed by atoms with Gasteiger partial charge in [-0.05, 0) is 29.5 Å². The Morgan fingerprint density at radius 1 is 1.38 bits per heavy atom. The molecular weight excluding hydrogens is 162 g/mol. The van der Waals surface area contributed by atoms with Gasteiger partial charge in [-0.1, -0.05) is 20.8 Å². The maximum Gasteiger partial charge on any atom is 0.0841 e. The fraction of sp³-hybridized carbons (Fsp3) is 0.545. The predicted octanol–water partition coefficient (Wildman–Crippen LogP) is 2.47. The fourth-order valence-electron chi connectivity index (χ4n) is 1.26. The van der Waals surface area contributed by atoms with Gasteiger partial charge in [0.2, 0.25) is 0 Å². The lowest BCUT2D eigenvalue weighted by Gasteiger charge is -2.27. The molecule has 0 spiro atoms. The molecule has 0 saturated heterocycles. The molecule has 0 aliphatic carbocycles. The SMILES string of the molecule is Cc1cnccc1C(O)C(C)(C)C. The van der Waals surface area contributed by atoms with E-state index < -0.39 is 6.10 Å². The van der Waals surface area contributed by atoms with Crippen LogP contribution in [-0.4, -0.2) is 10.1 Å². The van der Waals surface area contributed by atoms with Crippen LogP contribution in [0.5, 0.6) is 0 Å². The maximum atomic E-state index is 10.0. The van der Waals surface area contributed by atoms with Crippen LogP contribution in [0.15, 0.2) is 18.5 Å². The van der Waals surface area contributed by atoms with E-state index in [2.05, 4.69) is 4.98 Å². The lowest BCUT2D eigenvalue weighted by Crippen LogP contribution is -2.18. The molecule has 0 amide bonds.